The average Bonchev–Trinajstić information content (AvgIpc) is 3.41. The zero-order valence-corrected chi connectivity index (χ0v) is 17.8. The number of carbonyl (C=O) groups excluding carboxylic acids is 1. The number of amides is 1. The summed E-state index contributed by atoms with van der Waals surface area (Å²) in [6.45, 7) is 0. The van der Waals surface area contributed by atoms with Gasteiger partial charge in [-0.2, -0.15) is 0 Å². The van der Waals surface area contributed by atoms with Crippen molar-refractivity contribution in [3.63, 3.8) is 0 Å². The third kappa shape index (κ3) is 4.93. The molecule has 2 heterocycles. The molecule has 1 amide bonds. The molecule has 156 valence electrons. The summed E-state index contributed by atoms with van der Waals surface area (Å²) < 4.78 is 16.1. The minimum Gasteiger partial charge on any atom is -0.495 e. The predicted molar refractivity (Wildman–Crippen MR) is 123 cm³/mol. The second-order valence-corrected chi connectivity index (χ2v) is 7.16. The summed E-state index contributed by atoms with van der Waals surface area (Å²) in [6.07, 6.45) is 4.41. The molecule has 9 heteroatoms. The van der Waals surface area contributed by atoms with E-state index in [9.17, 15) is 4.79 Å². The number of thiocarbonyl (C=S) groups is 1. The van der Waals surface area contributed by atoms with Gasteiger partial charge in [0.2, 0.25) is 11.8 Å². The van der Waals surface area contributed by atoms with Crippen LogP contribution in [-0.4, -0.2) is 23.1 Å². The zero-order valence-electron chi connectivity index (χ0n) is 16.2. The van der Waals surface area contributed by atoms with Crippen LogP contribution in [0.25, 0.3) is 28.6 Å². The minimum absolute atomic E-state index is 0.152. The molecule has 0 atom stereocenters. The van der Waals surface area contributed by atoms with Crippen LogP contribution in [0.1, 0.15) is 5.76 Å². The van der Waals surface area contributed by atoms with E-state index in [0.717, 1.165) is 5.56 Å². The number of nitrogens with one attached hydrogen (secondary N) is 2. The smallest absolute Gasteiger partial charge is 0.250 e. The number of benzene rings is 2. The molecule has 2 aromatic carbocycles. The van der Waals surface area contributed by atoms with Gasteiger partial charge < -0.3 is 18.9 Å². The molecule has 0 fully saturated rings. The molecule has 0 saturated carbocycles. The van der Waals surface area contributed by atoms with Crippen LogP contribution >= 0.6 is 23.8 Å². The second kappa shape index (κ2) is 9.03. The number of nitrogens with zero attached hydrogens (tertiary/aromatic N) is 1. The summed E-state index contributed by atoms with van der Waals surface area (Å²) in [4.78, 5) is 16.5. The summed E-state index contributed by atoms with van der Waals surface area (Å²) in [5.41, 5.74) is 2.60. The first-order valence-electron chi connectivity index (χ1n) is 9.10. The number of aromatic nitrogens is 1. The third-order valence-electron chi connectivity index (χ3n) is 4.22. The first kappa shape index (κ1) is 20.6. The van der Waals surface area contributed by atoms with Crippen molar-refractivity contribution in [3.8, 4) is 17.2 Å². The highest BCUT2D eigenvalue weighted by atomic mass is 35.5. The molecule has 0 unspecified atom stereocenters. The number of rotatable bonds is 5. The molecule has 0 aliphatic rings. The van der Waals surface area contributed by atoms with Crippen LogP contribution in [0.5, 0.6) is 5.75 Å². The number of furan rings is 1. The van der Waals surface area contributed by atoms with Gasteiger partial charge in [0, 0.05) is 17.3 Å². The first-order valence-corrected chi connectivity index (χ1v) is 9.88. The van der Waals surface area contributed by atoms with Crippen LogP contribution in [-0.2, 0) is 4.79 Å². The Morgan fingerprint density at radius 3 is 2.84 bits per heavy atom. The topological polar surface area (TPSA) is 89.5 Å². The summed E-state index contributed by atoms with van der Waals surface area (Å²) in [7, 11) is 1.55. The number of ether oxygens (including phenoxy) is 1. The van der Waals surface area contributed by atoms with Crippen LogP contribution < -0.4 is 15.4 Å². The standard InChI is InChI=1S/C22H16ClN3O4S/c1-28-18-7-4-13(11-16(18)23)21-25-17-12-14(5-8-19(17)30-21)24-22(31)26-20(27)9-6-15-3-2-10-29-15/h2-12H,1H3,(H2,24,26,27,31). The fourth-order valence-electron chi connectivity index (χ4n) is 2.79. The van der Waals surface area contributed by atoms with Crippen LogP contribution in [0.3, 0.4) is 0 Å². The van der Waals surface area contributed by atoms with Gasteiger partial charge in [-0.05, 0) is 66.8 Å². The predicted octanol–water partition coefficient (Wildman–Crippen LogP) is 5.28. The Morgan fingerprint density at radius 2 is 2.10 bits per heavy atom. The fraction of sp³-hybridized carbons (Fsp3) is 0.0455. The average molecular weight is 454 g/mol. The van der Waals surface area contributed by atoms with Crippen molar-refractivity contribution in [2.45, 2.75) is 0 Å². The number of halogens is 1. The summed E-state index contributed by atoms with van der Waals surface area (Å²) in [5, 5.41) is 6.14. The highest BCUT2D eigenvalue weighted by molar-refractivity contribution is 7.80. The van der Waals surface area contributed by atoms with Crippen LogP contribution in [0.15, 0.2) is 69.7 Å². The Bertz CT molecular complexity index is 1280. The van der Waals surface area contributed by atoms with Gasteiger partial charge in [-0.25, -0.2) is 4.98 Å². The molecule has 0 spiro atoms. The van der Waals surface area contributed by atoms with Crippen molar-refractivity contribution in [1.82, 2.24) is 10.3 Å². The molecule has 0 radical (unpaired) electrons. The summed E-state index contributed by atoms with van der Waals surface area (Å²) in [6, 6.07) is 14.1. The summed E-state index contributed by atoms with van der Waals surface area (Å²) in [5.74, 6) is 1.19. The Hall–Kier alpha value is -3.62. The molecule has 2 N–H and O–H groups in total. The van der Waals surface area contributed by atoms with Crippen LogP contribution in [0, 0.1) is 0 Å². The van der Waals surface area contributed by atoms with E-state index in [2.05, 4.69) is 15.6 Å². The van der Waals surface area contributed by atoms with Crippen molar-refractivity contribution in [1.29, 1.82) is 0 Å². The number of fused-ring (bicyclic) bond motifs is 1. The van der Waals surface area contributed by atoms with Crippen molar-refractivity contribution < 1.29 is 18.4 Å². The highest BCUT2D eigenvalue weighted by Gasteiger charge is 2.12. The van der Waals surface area contributed by atoms with Crippen molar-refractivity contribution in [2.75, 3.05) is 12.4 Å². The molecule has 0 saturated heterocycles. The van der Waals surface area contributed by atoms with Gasteiger partial charge in [-0.3, -0.25) is 10.1 Å². The molecule has 0 aliphatic carbocycles. The molecule has 4 aromatic rings. The number of hydrogen-bond acceptors (Lipinski definition) is 6. The number of carbonyl (C=O) groups is 1. The Morgan fingerprint density at radius 1 is 1.23 bits per heavy atom. The number of methoxy groups -OCH3 is 1. The Labute approximate surface area is 187 Å². The van der Waals surface area contributed by atoms with Gasteiger partial charge in [0.15, 0.2) is 10.7 Å². The molecular weight excluding hydrogens is 438 g/mol. The van der Waals surface area contributed by atoms with E-state index in [1.54, 1.807) is 55.7 Å². The van der Waals surface area contributed by atoms with Crippen LogP contribution in [0.4, 0.5) is 5.69 Å². The van der Waals surface area contributed by atoms with Crippen LogP contribution in [0.2, 0.25) is 5.02 Å². The Balaban J connectivity index is 1.45. The van der Waals surface area contributed by atoms with E-state index >= 15 is 0 Å². The monoisotopic (exact) mass is 453 g/mol. The minimum atomic E-state index is -0.380. The van der Waals surface area contributed by atoms with Gasteiger partial charge in [0.1, 0.15) is 17.0 Å². The number of hydrogen-bond donors (Lipinski definition) is 2. The van der Waals surface area contributed by atoms with E-state index in [0.29, 0.717) is 39.2 Å². The zero-order chi connectivity index (χ0) is 21.8. The van der Waals surface area contributed by atoms with Gasteiger partial charge in [-0.1, -0.05) is 11.6 Å². The SMILES string of the molecule is COc1ccc(-c2nc3cc(NC(=S)NC(=O)C=Cc4ccco4)ccc3o2)cc1Cl. The second-order valence-electron chi connectivity index (χ2n) is 6.34. The molecule has 7 nitrogen and oxygen atoms in total. The van der Waals surface area contributed by atoms with E-state index in [4.69, 9.17) is 37.4 Å². The van der Waals surface area contributed by atoms with Gasteiger partial charge in [-0.15, -0.1) is 0 Å². The van der Waals surface area contributed by atoms with Gasteiger partial charge in [0.25, 0.3) is 0 Å². The normalized spacial score (nSPS) is 11.0. The molecule has 2 aromatic heterocycles. The lowest BCUT2D eigenvalue weighted by Crippen LogP contribution is -2.32. The van der Waals surface area contributed by atoms with E-state index in [1.165, 1.54) is 12.3 Å². The quantitative estimate of drug-likeness (QED) is 0.314. The van der Waals surface area contributed by atoms with E-state index in [1.807, 2.05) is 6.07 Å². The Kier molecular flexibility index (Phi) is 6.01. The lowest BCUT2D eigenvalue weighted by atomic mass is 10.2. The first-order chi connectivity index (χ1) is 15.0. The summed E-state index contributed by atoms with van der Waals surface area (Å²) >= 11 is 11.4. The third-order valence-corrected chi connectivity index (χ3v) is 4.72. The number of oxazole rings is 1. The van der Waals surface area contributed by atoms with E-state index < -0.39 is 0 Å². The fourth-order valence-corrected chi connectivity index (χ4v) is 3.26. The van der Waals surface area contributed by atoms with Crippen molar-refractivity contribution in [3.05, 3.63) is 71.7 Å². The highest BCUT2D eigenvalue weighted by Crippen LogP contribution is 2.32. The number of anilines is 1. The lowest BCUT2D eigenvalue weighted by molar-refractivity contribution is -0.115. The molecule has 0 aliphatic heterocycles. The van der Waals surface area contributed by atoms with E-state index in [-0.39, 0.29) is 11.0 Å². The molecule has 31 heavy (non-hydrogen) atoms. The largest absolute Gasteiger partial charge is 0.495 e. The van der Waals surface area contributed by atoms with Gasteiger partial charge >= 0.3 is 0 Å². The lowest BCUT2D eigenvalue weighted by Gasteiger charge is -2.07. The van der Waals surface area contributed by atoms with Crippen molar-refractivity contribution in [2.24, 2.45) is 0 Å². The van der Waals surface area contributed by atoms with Gasteiger partial charge in [0.05, 0.1) is 18.4 Å². The van der Waals surface area contributed by atoms with Crippen molar-refractivity contribution >= 4 is 57.7 Å². The molecular formula is C22H16ClN3O4S. The maximum absolute atomic E-state index is 12.0. The maximum Gasteiger partial charge on any atom is 0.250 e. The molecule has 4 rings (SSSR count). The molecule has 0 bridgehead atoms. The maximum atomic E-state index is 12.0.